The molecule has 0 amide bonds. The normalized spacial score (nSPS) is 12.8. The molecule has 4 rings (SSSR count). The monoisotopic (exact) mass is 907 g/mol. The van der Waals surface area contributed by atoms with Gasteiger partial charge in [0.1, 0.15) is 34.5 Å². The molecule has 0 unspecified atom stereocenters. The minimum atomic E-state index is -0.549. The quantitative estimate of drug-likeness (QED) is 0.0936. The van der Waals surface area contributed by atoms with Gasteiger partial charge in [-0.3, -0.25) is 14.4 Å². The number of hydrogen-bond donors (Lipinski definition) is 3. The van der Waals surface area contributed by atoms with Gasteiger partial charge in [-0.2, -0.15) is 0 Å². The summed E-state index contributed by atoms with van der Waals surface area (Å²) in [7, 11) is 0. The molecule has 4 aromatic rings. The molecule has 0 spiro atoms. The zero-order valence-corrected chi connectivity index (χ0v) is 43.2. The minimum absolute atomic E-state index is 0.0105. The Morgan fingerprint density at radius 2 is 0.500 bits per heavy atom. The third-order valence-electron chi connectivity index (χ3n) is 11.8. The SMILES string of the molecule is CC(C)(C)c1cc(CCC(=O)Oc2cc(OC(=O)CCc3cc(C(C)(C)C)c(O)c(C(C)(C)C)c3)cc(OC(=O)CCc3cc(C(C)(C)C)c(O)c(C(C)(C)C)c3)c2)cc(C(C)(C)C)c1O. The van der Waals surface area contributed by atoms with Crippen molar-refractivity contribution >= 4 is 17.9 Å². The Labute approximate surface area is 395 Å². The van der Waals surface area contributed by atoms with E-state index in [1.54, 1.807) is 0 Å². The van der Waals surface area contributed by atoms with Crippen molar-refractivity contribution in [3.8, 4) is 34.5 Å². The summed E-state index contributed by atoms with van der Waals surface area (Å²) in [4.78, 5) is 40.6. The predicted octanol–water partition coefficient (Wildman–Crippen LogP) is 13.2. The second kappa shape index (κ2) is 19.5. The van der Waals surface area contributed by atoms with E-state index in [0.717, 1.165) is 50.1 Å². The first-order chi connectivity index (χ1) is 29.9. The Hall–Kier alpha value is -5.31. The molecule has 0 aromatic heterocycles. The number of carbonyl (C=O) groups is 3. The number of benzene rings is 4. The van der Waals surface area contributed by atoms with Gasteiger partial charge in [-0.25, -0.2) is 0 Å². The zero-order chi connectivity index (χ0) is 50.1. The zero-order valence-electron chi connectivity index (χ0n) is 43.2. The summed E-state index contributed by atoms with van der Waals surface area (Å²) < 4.78 is 17.5. The van der Waals surface area contributed by atoms with Crippen LogP contribution in [-0.2, 0) is 66.1 Å². The fourth-order valence-electron chi connectivity index (χ4n) is 7.96. The minimum Gasteiger partial charge on any atom is -0.507 e. The lowest BCUT2D eigenvalue weighted by molar-refractivity contribution is -0.134. The smallest absolute Gasteiger partial charge is 0.311 e. The van der Waals surface area contributed by atoms with Crippen LogP contribution in [0.2, 0.25) is 0 Å². The van der Waals surface area contributed by atoms with Crippen molar-refractivity contribution in [3.63, 3.8) is 0 Å². The Bertz CT molecular complexity index is 2040. The summed E-state index contributed by atoms with van der Waals surface area (Å²) in [5, 5.41) is 33.6. The summed E-state index contributed by atoms with van der Waals surface area (Å²) in [6, 6.07) is 15.9. The standard InChI is InChI=1S/C57H78O9/c1-52(2,3)40-25-34(26-41(49(40)61)53(4,5)6)19-22-46(58)64-37-31-38(65-47(59)23-20-35-27-42(54(7,8)9)50(62)43(28-35)55(10,11)12)33-39(32-37)66-48(60)24-21-36-29-44(56(13,14)15)51(63)45(30-36)57(16,17)18/h25-33,61-63H,19-24H2,1-18H3. The van der Waals surface area contributed by atoms with Crippen molar-refractivity contribution in [2.45, 2.75) is 196 Å². The third kappa shape index (κ3) is 14.1. The van der Waals surface area contributed by atoms with Crippen LogP contribution in [0.1, 0.15) is 194 Å². The maximum absolute atomic E-state index is 13.5. The van der Waals surface area contributed by atoms with E-state index in [1.165, 1.54) is 18.2 Å². The number of aromatic hydroxyl groups is 3. The fraction of sp³-hybridized carbons (Fsp3) is 0.526. The molecule has 66 heavy (non-hydrogen) atoms. The van der Waals surface area contributed by atoms with E-state index < -0.39 is 17.9 Å². The first-order valence-electron chi connectivity index (χ1n) is 23.3. The van der Waals surface area contributed by atoms with Gasteiger partial charge in [0.05, 0.1) is 0 Å². The van der Waals surface area contributed by atoms with Gasteiger partial charge in [-0.1, -0.05) is 161 Å². The number of phenols is 3. The van der Waals surface area contributed by atoms with Crippen molar-refractivity contribution in [1.29, 1.82) is 0 Å². The highest BCUT2D eigenvalue weighted by Gasteiger charge is 2.30. The lowest BCUT2D eigenvalue weighted by Gasteiger charge is -2.28. The van der Waals surface area contributed by atoms with Crippen LogP contribution in [0.3, 0.4) is 0 Å². The lowest BCUT2D eigenvalue weighted by Crippen LogP contribution is -2.18. The summed E-state index contributed by atoms with van der Waals surface area (Å²) >= 11 is 0. The molecular weight excluding hydrogens is 829 g/mol. The number of phenolic OH excluding ortho intramolecular Hbond substituents is 3. The number of ether oxygens (including phenoxy) is 3. The van der Waals surface area contributed by atoms with Crippen LogP contribution < -0.4 is 14.2 Å². The van der Waals surface area contributed by atoms with Crippen molar-refractivity contribution < 1.29 is 43.9 Å². The van der Waals surface area contributed by atoms with Crippen LogP contribution in [-0.4, -0.2) is 33.2 Å². The number of hydrogen-bond acceptors (Lipinski definition) is 9. The lowest BCUT2D eigenvalue weighted by atomic mass is 9.78. The molecule has 0 saturated heterocycles. The molecule has 0 aliphatic carbocycles. The van der Waals surface area contributed by atoms with Crippen LogP contribution in [0.15, 0.2) is 54.6 Å². The first-order valence-corrected chi connectivity index (χ1v) is 23.3. The molecule has 0 saturated carbocycles. The molecule has 0 fully saturated rings. The summed E-state index contributed by atoms with van der Waals surface area (Å²) in [5.41, 5.74) is 5.39. The van der Waals surface area contributed by atoms with Gasteiger partial charge in [0.15, 0.2) is 0 Å². The van der Waals surface area contributed by atoms with Gasteiger partial charge in [-0.15, -0.1) is 0 Å². The second-order valence-electron chi connectivity index (χ2n) is 24.2. The molecule has 0 bridgehead atoms. The summed E-state index contributed by atoms with van der Waals surface area (Å²) in [5.74, 6) is -0.758. The number of aryl methyl sites for hydroxylation is 3. The summed E-state index contributed by atoms with van der Waals surface area (Å²) in [6.45, 7) is 36.7. The van der Waals surface area contributed by atoms with Gasteiger partial charge in [0.25, 0.3) is 0 Å². The molecule has 360 valence electrons. The Balaban J connectivity index is 1.62. The second-order valence-corrected chi connectivity index (χ2v) is 24.2. The van der Waals surface area contributed by atoms with E-state index in [2.05, 4.69) is 0 Å². The number of carbonyl (C=O) groups excluding carboxylic acids is 3. The molecule has 9 nitrogen and oxygen atoms in total. The maximum atomic E-state index is 13.5. The molecule has 9 heteroatoms. The van der Waals surface area contributed by atoms with Gasteiger partial charge in [-0.05, 0) is 102 Å². The molecular formula is C57H78O9. The molecule has 4 aromatic carbocycles. The van der Waals surface area contributed by atoms with E-state index in [9.17, 15) is 29.7 Å². The van der Waals surface area contributed by atoms with Crippen LogP contribution >= 0.6 is 0 Å². The van der Waals surface area contributed by atoms with Crippen LogP contribution in [0.4, 0.5) is 0 Å². The number of esters is 3. The highest BCUT2D eigenvalue weighted by molar-refractivity contribution is 5.76. The van der Waals surface area contributed by atoms with Crippen LogP contribution in [0.25, 0.3) is 0 Å². The maximum Gasteiger partial charge on any atom is 0.311 e. The predicted molar refractivity (Wildman–Crippen MR) is 265 cm³/mol. The largest absolute Gasteiger partial charge is 0.507 e. The van der Waals surface area contributed by atoms with Crippen molar-refractivity contribution in [2.75, 3.05) is 0 Å². The van der Waals surface area contributed by atoms with Crippen LogP contribution in [0, 0.1) is 0 Å². The Morgan fingerprint density at radius 3 is 0.652 bits per heavy atom. The van der Waals surface area contributed by atoms with Gasteiger partial charge in [0.2, 0.25) is 0 Å². The van der Waals surface area contributed by atoms with E-state index in [4.69, 9.17) is 14.2 Å². The van der Waals surface area contributed by atoms with E-state index >= 15 is 0 Å². The fourth-order valence-corrected chi connectivity index (χ4v) is 7.96. The van der Waals surface area contributed by atoms with Gasteiger partial charge < -0.3 is 29.5 Å². The average molecular weight is 907 g/mol. The van der Waals surface area contributed by atoms with E-state index in [0.29, 0.717) is 19.3 Å². The highest BCUT2D eigenvalue weighted by atomic mass is 16.6. The van der Waals surface area contributed by atoms with Crippen molar-refractivity contribution in [3.05, 3.63) is 105 Å². The topological polar surface area (TPSA) is 140 Å². The van der Waals surface area contributed by atoms with Gasteiger partial charge >= 0.3 is 17.9 Å². The number of rotatable bonds is 12. The van der Waals surface area contributed by atoms with Crippen molar-refractivity contribution in [2.24, 2.45) is 0 Å². The summed E-state index contributed by atoms with van der Waals surface area (Å²) in [6.07, 6.45) is 1.07. The van der Waals surface area contributed by atoms with Gasteiger partial charge in [0, 0.05) is 37.5 Å². The molecule has 3 N–H and O–H groups in total. The Kier molecular flexibility index (Phi) is 15.7. The molecule has 0 atom stereocenters. The molecule has 0 heterocycles. The molecule has 0 aliphatic heterocycles. The molecule has 0 radical (unpaired) electrons. The van der Waals surface area contributed by atoms with E-state index in [-0.39, 0.29) is 86.2 Å². The van der Waals surface area contributed by atoms with Crippen molar-refractivity contribution in [1.82, 2.24) is 0 Å². The van der Waals surface area contributed by atoms with E-state index in [1.807, 2.05) is 161 Å². The third-order valence-corrected chi connectivity index (χ3v) is 11.8. The van der Waals surface area contributed by atoms with Crippen LogP contribution in [0.5, 0.6) is 34.5 Å². The highest BCUT2D eigenvalue weighted by Crippen LogP contribution is 2.43. The average Bonchev–Trinajstić information content (AvgIpc) is 3.13. The first kappa shape index (κ1) is 53.3. The molecule has 0 aliphatic rings. The Morgan fingerprint density at radius 1 is 0.333 bits per heavy atom.